The lowest BCUT2D eigenvalue weighted by Gasteiger charge is -2.43. The third-order valence-electron chi connectivity index (χ3n) is 9.68. The number of carbonyl (C=O) groups excluding carboxylic acids is 3. The Labute approximate surface area is 294 Å². The van der Waals surface area contributed by atoms with Crippen LogP contribution >= 0.6 is 62.2 Å². The number of thiazole rings is 1. The molecule has 6 unspecified atom stereocenters. The third kappa shape index (κ3) is 5.15. The van der Waals surface area contributed by atoms with Crippen molar-refractivity contribution in [3.8, 4) is 5.75 Å². The molecule has 7 atom stereocenters. The number of nitrogens with zero attached hydrogens (tertiary/aromatic N) is 1. The van der Waals surface area contributed by atoms with Crippen molar-refractivity contribution < 1.29 is 23.5 Å². The van der Waals surface area contributed by atoms with Crippen LogP contribution in [0.1, 0.15) is 22.8 Å². The van der Waals surface area contributed by atoms with Gasteiger partial charge in [-0.15, -0.1) is 11.8 Å². The molecule has 2 N–H and O–H groups in total. The molecular weight excluding hydrogens is 752 g/mol. The number of anilines is 2. The Bertz CT molecular complexity index is 2040. The Kier molecular flexibility index (Phi) is 7.79. The minimum atomic E-state index is -0.521. The second kappa shape index (κ2) is 11.8. The maximum atomic E-state index is 14.0. The Balaban J connectivity index is 1.13. The van der Waals surface area contributed by atoms with Crippen molar-refractivity contribution in [1.82, 2.24) is 4.98 Å². The van der Waals surface area contributed by atoms with Gasteiger partial charge in [-0.05, 0) is 84.8 Å². The zero-order valence-electron chi connectivity index (χ0n) is 24.0. The van der Waals surface area contributed by atoms with Crippen molar-refractivity contribution in [2.24, 2.45) is 29.6 Å². The molecule has 4 aromatic rings. The quantitative estimate of drug-likeness (QED) is 0.199. The van der Waals surface area contributed by atoms with Gasteiger partial charge < -0.3 is 15.0 Å². The van der Waals surface area contributed by atoms with Crippen LogP contribution in [-0.4, -0.2) is 34.6 Å². The predicted molar refractivity (Wildman–Crippen MR) is 182 cm³/mol. The Morgan fingerprint density at radius 3 is 2.49 bits per heavy atom. The van der Waals surface area contributed by atoms with E-state index in [1.54, 1.807) is 36.0 Å². The number of H-pyrrole nitrogens is 1. The zero-order valence-corrected chi connectivity index (χ0v) is 28.8. The van der Waals surface area contributed by atoms with Gasteiger partial charge >= 0.3 is 4.87 Å². The molecule has 8 nitrogen and oxygen atoms in total. The number of fused-ring (bicyclic) bond motifs is 9. The van der Waals surface area contributed by atoms with Crippen molar-refractivity contribution in [3.05, 3.63) is 101 Å². The number of hydrogen-bond donors (Lipinski definition) is 2. The van der Waals surface area contributed by atoms with E-state index in [0.29, 0.717) is 33.6 Å². The lowest BCUT2D eigenvalue weighted by atomic mass is 9.68. The number of carbonyl (C=O) groups is 3. The Morgan fingerprint density at radius 1 is 1.00 bits per heavy atom. The van der Waals surface area contributed by atoms with Crippen LogP contribution in [0.15, 0.2) is 75.0 Å². The summed E-state index contributed by atoms with van der Waals surface area (Å²) in [7, 11) is 0. The highest BCUT2D eigenvalue weighted by atomic mass is 79.9. The molecule has 2 saturated carbocycles. The molecule has 4 aliphatic rings. The molecule has 1 saturated heterocycles. The summed E-state index contributed by atoms with van der Waals surface area (Å²) in [6.07, 6.45) is 0.707. The van der Waals surface area contributed by atoms with Crippen LogP contribution in [0.3, 0.4) is 0 Å². The van der Waals surface area contributed by atoms with Crippen LogP contribution in [0.5, 0.6) is 5.75 Å². The molecule has 2 aliphatic heterocycles. The summed E-state index contributed by atoms with van der Waals surface area (Å²) in [5, 5.41) is 4.16. The van der Waals surface area contributed by atoms with Crippen molar-refractivity contribution in [1.29, 1.82) is 0 Å². The monoisotopic (exact) mass is 773 g/mol. The number of ether oxygens (including phenoxy) is 1. The normalized spacial score (nSPS) is 27.1. The largest absolute Gasteiger partial charge is 0.483 e. The first-order valence-electron chi connectivity index (χ1n) is 14.8. The fourth-order valence-corrected chi connectivity index (χ4v) is 11.6. The molecular formula is C33H23BrCl2FN3O5S2. The average molecular weight is 776 g/mol. The number of hydrogen-bond acceptors (Lipinski definition) is 7. The van der Waals surface area contributed by atoms with Gasteiger partial charge in [0.1, 0.15) is 11.6 Å². The lowest BCUT2D eigenvalue weighted by molar-refractivity contribution is -0.123. The topological polar surface area (TPSA) is 109 Å². The zero-order chi connectivity index (χ0) is 32.7. The van der Waals surface area contributed by atoms with E-state index in [1.165, 1.54) is 29.2 Å². The molecule has 2 bridgehead atoms. The molecule has 1 aromatic heterocycles. The first kappa shape index (κ1) is 31.1. The van der Waals surface area contributed by atoms with Crippen molar-refractivity contribution >= 4 is 91.3 Å². The summed E-state index contributed by atoms with van der Waals surface area (Å²) in [6, 6.07) is 15.7. The van der Waals surface area contributed by atoms with Gasteiger partial charge in [-0.3, -0.25) is 24.1 Å². The summed E-state index contributed by atoms with van der Waals surface area (Å²) >= 11 is 18.4. The molecule has 0 spiro atoms. The third-order valence-corrected chi connectivity index (χ3v) is 13.5. The predicted octanol–water partition coefficient (Wildman–Crippen LogP) is 7.34. The van der Waals surface area contributed by atoms with Crippen LogP contribution < -0.4 is 19.8 Å². The molecule has 0 radical (unpaired) electrons. The van der Waals surface area contributed by atoms with E-state index >= 15 is 0 Å². The Morgan fingerprint density at radius 2 is 1.74 bits per heavy atom. The number of halogens is 4. The number of imide groups is 1. The van der Waals surface area contributed by atoms with Gasteiger partial charge in [0.05, 0.1) is 32.6 Å². The summed E-state index contributed by atoms with van der Waals surface area (Å²) in [6.45, 7) is -0.295. The number of thioether (sulfide) groups is 1. The van der Waals surface area contributed by atoms with Crippen molar-refractivity contribution in [3.63, 3.8) is 0 Å². The maximum absolute atomic E-state index is 14.0. The van der Waals surface area contributed by atoms with Crippen LogP contribution in [0.25, 0.3) is 0 Å². The maximum Gasteiger partial charge on any atom is 0.305 e. The minimum absolute atomic E-state index is 0.0429. The van der Waals surface area contributed by atoms with E-state index in [2.05, 4.69) is 26.2 Å². The number of rotatable bonds is 6. The van der Waals surface area contributed by atoms with Gasteiger partial charge in [-0.25, -0.2) is 4.39 Å². The number of benzene rings is 3. The SMILES string of the molecule is O=C(COc1ccc(Br)cc1[C@H]1c2sc(=O)[nH]c2SC2C3CC(C4C(=O)N(c5ccc(F)cc5)C(=O)C34)C21)Nc1ccc(Cl)c(Cl)c1. The van der Waals surface area contributed by atoms with Gasteiger partial charge in [0.15, 0.2) is 6.61 Å². The first-order valence-corrected chi connectivity index (χ1v) is 18.0. The van der Waals surface area contributed by atoms with E-state index in [9.17, 15) is 23.6 Å². The van der Waals surface area contributed by atoms with Crippen LogP contribution in [0.4, 0.5) is 15.8 Å². The van der Waals surface area contributed by atoms with Crippen molar-refractivity contribution in [2.45, 2.75) is 22.6 Å². The fraction of sp³-hybridized carbons (Fsp3) is 0.273. The number of aromatic amines is 1. The van der Waals surface area contributed by atoms with E-state index < -0.39 is 23.6 Å². The second-order valence-corrected chi connectivity index (χ2v) is 16.0. The van der Waals surface area contributed by atoms with E-state index in [0.717, 1.165) is 31.3 Å². The van der Waals surface area contributed by atoms with Crippen molar-refractivity contribution in [2.75, 3.05) is 16.8 Å². The van der Waals surface area contributed by atoms with Gasteiger partial charge in [-0.2, -0.15) is 0 Å². The second-order valence-electron chi connectivity index (χ2n) is 12.1. The Hall–Kier alpha value is -3.16. The van der Waals surface area contributed by atoms with Gasteiger partial charge in [0.2, 0.25) is 11.8 Å². The minimum Gasteiger partial charge on any atom is -0.483 e. The molecule has 3 heterocycles. The fourth-order valence-electron chi connectivity index (χ4n) is 8.02. The first-order chi connectivity index (χ1) is 22.6. The molecule has 240 valence electrons. The molecule has 3 amide bonds. The molecule has 8 rings (SSSR count). The molecule has 3 aromatic carbocycles. The van der Waals surface area contributed by atoms with Gasteiger partial charge in [0, 0.05) is 31.8 Å². The summed E-state index contributed by atoms with van der Waals surface area (Å²) in [5.41, 5.74) is 1.62. The van der Waals surface area contributed by atoms with E-state index in [-0.39, 0.29) is 52.2 Å². The summed E-state index contributed by atoms with van der Waals surface area (Å²) < 4.78 is 20.6. The molecule has 47 heavy (non-hydrogen) atoms. The number of nitrogens with one attached hydrogen (secondary N) is 2. The average Bonchev–Trinajstić information content (AvgIpc) is 3.78. The van der Waals surface area contributed by atoms with E-state index in [4.69, 9.17) is 27.9 Å². The van der Waals surface area contributed by atoms with Crippen LogP contribution in [0.2, 0.25) is 10.0 Å². The van der Waals surface area contributed by atoms with Gasteiger partial charge in [-0.1, -0.05) is 50.5 Å². The summed E-state index contributed by atoms with van der Waals surface area (Å²) in [5.74, 6) is -2.54. The highest BCUT2D eigenvalue weighted by Gasteiger charge is 2.69. The highest BCUT2D eigenvalue weighted by Crippen LogP contribution is 2.69. The molecule has 2 aliphatic carbocycles. The van der Waals surface area contributed by atoms with Crippen LogP contribution in [0, 0.1) is 35.4 Å². The standard InChI is InChI=1S/C33H23BrCl2FN3O5S2/c34-13-1-8-22(45-12-23(41)38-15-4-7-20(35)21(36)10-15)17(9-13)24-25-18-11-19(28(25)46-30-29(24)47-33(44)39-30)27-26(18)31(42)40(32(27)43)16-5-2-14(37)3-6-16/h1-10,18-19,24-28H,11-12H2,(H,38,41)(H,39,44)/t18?,19?,24-,25?,26?,27?,28?/m1/s1. The number of aromatic nitrogens is 1. The van der Waals surface area contributed by atoms with Crippen LogP contribution in [-0.2, 0) is 14.4 Å². The smallest absolute Gasteiger partial charge is 0.305 e. The molecule has 3 fully saturated rings. The van der Waals surface area contributed by atoms with Gasteiger partial charge in [0.25, 0.3) is 5.91 Å². The highest BCUT2D eigenvalue weighted by molar-refractivity contribution is 9.10. The summed E-state index contributed by atoms with van der Waals surface area (Å²) in [4.78, 5) is 58.4. The lowest BCUT2D eigenvalue weighted by Crippen LogP contribution is -2.42. The number of amides is 3. The van der Waals surface area contributed by atoms with E-state index in [1.807, 2.05) is 12.1 Å². The molecule has 14 heteroatoms.